The molecule has 0 saturated carbocycles. The van der Waals surface area contributed by atoms with Gasteiger partial charge in [0.25, 0.3) is 0 Å². The molecule has 0 radical (unpaired) electrons. The molecule has 19 heavy (non-hydrogen) atoms. The first-order valence-electron chi connectivity index (χ1n) is 6.60. The second-order valence-corrected chi connectivity index (χ2v) is 6.40. The Bertz CT molecular complexity index is 372. The zero-order valence-corrected chi connectivity index (χ0v) is 13.1. The van der Waals surface area contributed by atoms with Crippen LogP contribution in [0, 0.1) is 0 Å². The minimum Gasteiger partial charge on any atom is -0.357 e. The summed E-state index contributed by atoms with van der Waals surface area (Å²) < 4.78 is 2.22. The highest BCUT2D eigenvalue weighted by Crippen LogP contribution is 2.20. The van der Waals surface area contributed by atoms with Crippen LogP contribution in [0.5, 0.6) is 0 Å². The van der Waals surface area contributed by atoms with E-state index >= 15 is 0 Å². The van der Waals surface area contributed by atoms with Crippen molar-refractivity contribution in [2.24, 2.45) is 4.99 Å². The van der Waals surface area contributed by atoms with E-state index in [1.165, 1.54) is 0 Å². The molecule has 1 rings (SSSR count). The lowest BCUT2D eigenvalue weighted by atomic mass is 10.2. The van der Waals surface area contributed by atoms with E-state index in [1.807, 2.05) is 28.9 Å². The van der Waals surface area contributed by atoms with Crippen molar-refractivity contribution in [1.29, 1.82) is 0 Å². The fourth-order valence-electron chi connectivity index (χ4n) is 1.40. The number of imidazole rings is 1. The zero-order valence-electron chi connectivity index (χ0n) is 12.3. The first-order chi connectivity index (χ1) is 9.07. The maximum atomic E-state index is 4.62. The first-order valence-corrected chi connectivity index (χ1v) is 7.83. The van der Waals surface area contributed by atoms with Gasteiger partial charge in [-0.05, 0) is 27.0 Å². The Morgan fingerprint density at radius 2 is 2.21 bits per heavy atom. The van der Waals surface area contributed by atoms with Crippen molar-refractivity contribution in [2.75, 3.05) is 25.9 Å². The molecular weight excluding hydrogens is 258 g/mol. The number of hydrogen-bond acceptors (Lipinski definition) is 3. The molecule has 0 aliphatic heterocycles. The Morgan fingerprint density at radius 3 is 2.79 bits per heavy atom. The molecule has 1 aromatic rings. The molecule has 6 heteroatoms. The number of nitrogens with one attached hydrogen (secondary N) is 2. The van der Waals surface area contributed by atoms with Gasteiger partial charge in [0.1, 0.15) is 0 Å². The molecule has 0 aliphatic rings. The second kappa shape index (κ2) is 8.09. The third-order valence-corrected chi connectivity index (χ3v) is 3.97. The fraction of sp³-hybridized carbons (Fsp3) is 0.692. The Balaban J connectivity index is 2.41. The van der Waals surface area contributed by atoms with Crippen LogP contribution < -0.4 is 10.6 Å². The van der Waals surface area contributed by atoms with Crippen molar-refractivity contribution < 1.29 is 0 Å². The summed E-state index contributed by atoms with van der Waals surface area (Å²) in [6.07, 6.45) is 7.69. The predicted octanol–water partition coefficient (Wildman–Crippen LogP) is 1.58. The third-order valence-electron chi connectivity index (χ3n) is 2.74. The molecule has 1 aromatic heterocycles. The van der Waals surface area contributed by atoms with Gasteiger partial charge >= 0.3 is 0 Å². The van der Waals surface area contributed by atoms with E-state index in [0.717, 1.165) is 32.1 Å². The number of aliphatic imine (C=N–C) groups is 1. The summed E-state index contributed by atoms with van der Waals surface area (Å²) in [7, 11) is 0. The average Bonchev–Trinajstić information content (AvgIpc) is 2.89. The number of hydrogen-bond donors (Lipinski definition) is 2. The van der Waals surface area contributed by atoms with E-state index in [0.29, 0.717) is 0 Å². The van der Waals surface area contributed by atoms with Crippen LogP contribution in [0.3, 0.4) is 0 Å². The van der Waals surface area contributed by atoms with Crippen molar-refractivity contribution in [3.8, 4) is 0 Å². The summed E-state index contributed by atoms with van der Waals surface area (Å²) >= 11 is 1.83. The van der Waals surface area contributed by atoms with E-state index in [4.69, 9.17) is 0 Å². The second-order valence-electron chi connectivity index (χ2n) is 4.89. The highest BCUT2D eigenvalue weighted by Gasteiger charge is 2.15. The van der Waals surface area contributed by atoms with Crippen LogP contribution in [-0.4, -0.2) is 46.1 Å². The average molecular weight is 283 g/mol. The highest BCUT2D eigenvalue weighted by atomic mass is 32.2. The quantitative estimate of drug-likeness (QED) is 0.589. The van der Waals surface area contributed by atoms with Gasteiger partial charge in [0.05, 0.1) is 12.9 Å². The SMILES string of the molecule is CCNC(=NCC(C)(C)SC)NCCn1ccnc1. The van der Waals surface area contributed by atoms with Gasteiger partial charge in [0.2, 0.25) is 0 Å². The van der Waals surface area contributed by atoms with Crippen molar-refractivity contribution in [3.05, 3.63) is 18.7 Å². The molecule has 0 aliphatic carbocycles. The molecule has 0 aromatic carbocycles. The minimum atomic E-state index is 0.173. The minimum absolute atomic E-state index is 0.173. The molecule has 0 atom stereocenters. The van der Waals surface area contributed by atoms with Crippen LogP contribution in [0.15, 0.2) is 23.7 Å². The van der Waals surface area contributed by atoms with E-state index in [1.54, 1.807) is 6.20 Å². The summed E-state index contributed by atoms with van der Waals surface area (Å²) in [6, 6.07) is 0. The van der Waals surface area contributed by atoms with Crippen molar-refractivity contribution >= 4 is 17.7 Å². The van der Waals surface area contributed by atoms with Gasteiger partial charge in [0.15, 0.2) is 5.96 Å². The molecule has 0 amide bonds. The Morgan fingerprint density at radius 1 is 1.42 bits per heavy atom. The molecule has 5 nitrogen and oxygen atoms in total. The van der Waals surface area contributed by atoms with Gasteiger partial charge in [-0.2, -0.15) is 11.8 Å². The summed E-state index contributed by atoms with van der Waals surface area (Å²) in [6.45, 7) is 9.88. The molecule has 0 unspecified atom stereocenters. The summed E-state index contributed by atoms with van der Waals surface area (Å²) in [5, 5.41) is 6.60. The number of guanidine groups is 1. The maximum absolute atomic E-state index is 4.62. The monoisotopic (exact) mass is 283 g/mol. The lowest BCUT2D eigenvalue weighted by Gasteiger charge is -2.20. The van der Waals surface area contributed by atoms with Crippen LogP contribution in [0.25, 0.3) is 0 Å². The molecule has 2 N–H and O–H groups in total. The third kappa shape index (κ3) is 6.52. The Kier molecular flexibility index (Phi) is 6.77. The first kappa shape index (κ1) is 15.9. The van der Waals surface area contributed by atoms with Gasteiger partial charge in [-0.15, -0.1) is 0 Å². The van der Waals surface area contributed by atoms with Crippen LogP contribution in [-0.2, 0) is 6.54 Å². The summed E-state index contributed by atoms with van der Waals surface area (Å²) in [5.74, 6) is 0.879. The standard InChI is InChI=1S/C13H25N5S/c1-5-15-12(17-10-13(2,3)19-4)16-7-9-18-8-6-14-11-18/h6,8,11H,5,7,9-10H2,1-4H3,(H2,15,16,17). The van der Waals surface area contributed by atoms with Gasteiger partial charge in [0, 0.05) is 36.8 Å². The molecular formula is C13H25N5S. The van der Waals surface area contributed by atoms with E-state index in [9.17, 15) is 0 Å². The summed E-state index contributed by atoms with van der Waals surface area (Å²) in [4.78, 5) is 8.65. The smallest absolute Gasteiger partial charge is 0.191 e. The van der Waals surface area contributed by atoms with Crippen LogP contribution in [0.1, 0.15) is 20.8 Å². The zero-order chi connectivity index (χ0) is 14.1. The van der Waals surface area contributed by atoms with Crippen molar-refractivity contribution in [3.63, 3.8) is 0 Å². The van der Waals surface area contributed by atoms with Crippen LogP contribution in [0.2, 0.25) is 0 Å². The van der Waals surface area contributed by atoms with Gasteiger partial charge in [-0.25, -0.2) is 4.98 Å². The number of thioether (sulfide) groups is 1. The molecule has 108 valence electrons. The maximum Gasteiger partial charge on any atom is 0.191 e. The molecule has 1 heterocycles. The van der Waals surface area contributed by atoms with E-state index in [-0.39, 0.29) is 4.75 Å². The predicted molar refractivity (Wildman–Crippen MR) is 83.8 cm³/mol. The Hall–Kier alpha value is -1.17. The van der Waals surface area contributed by atoms with E-state index in [2.05, 4.69) is 47.6 Å². The van der Waals surface area contributed by atoms with Gasteiger partial charge < -0.3 is 15.2 Å². The van der Waals surface area contributed by atoms with Crippen LogP contribution >= 0.6 is 11.8 Å². The fourth-order valence-corrected chi connectivity index (χ4v) is 1.59. The summed E-state index contributed by atoms with van der Waals surface area (Å²) in [5.41, 5.74) is 0. The van der Waals surface area contributed by atoms with Crippen LogP contribution in [0.4, 0.5) is 0 Å². The van der Waals surface area contributed by atoms with Crippen molar-refractivity contribution in [2.45, 2.75) is 32.1 Å². The largest absolute Gasteiger partial charge is 0.357 e. The van der Waals surface area contributed by atoms with Gasteiger partial charge in [-0.3, -0.25) is 4.99 Å². The normalized spacial score (nSPS) is 12.5. The number of rotatable bonds is 7. The molecule has 0 spiro atoms. The molecule has 0 bridgehead atoms. The van der Waals surface area contributed by atoms with Crippen molar-refractivity contribution in [1.82, 2.24) is 20.2 Å². The van der Waals surface area contributed by atoms with Gasteiger partial charge in [-0.1, -0.05) is 0 Å². The van der Waals surface area contributed by atoms with E-state index < -0.39 is 0 Å². The lowest BCUT2D eigenvalue weighted by molar-refractivity contribution is 0.656. The highest BCUT2D eigenvalue weighted by molar-refractivity contribution is 7.99. The molecule has 0 fully saturated rings. The number of nitrogens with zero attached hydrogens (tertiary/aromatic N) is 3. The Labute approximate surface area is 120 Å². The topological polar surface area (TPSA) is 54.2 Å². The number of aromatic nitrogens is 2. The molecule has 0 saturated heterocycles. The lowest BCUT2D eigenvalue weighted by Crippen LogP contribution is -2.39.